The second-order valence-electron chi connectivity index (χ2n) is 4.48. The highest BCUT2D eigenvalue weighted by Gasteiger charge is 2.14. The van der Waals surface area contributed by atoms with E-state index < -0.39 is 6.10 Å². The Balaban J connectivity index is 3.00. The van der Waals surface area contributed by atoms with Gasteiger partial charge >= 0.3 is 0 Å². The van der Waals surface area contributed by atoms with E-state index in [1.54, 1.807) is 6.92 Å². The molecule has 0 saturated carbocycles. The van der Waals surface area contributed by atoms with Gasteiger partial charge in [-0.05, 0) is 37.0 Å². The van der Waals surface area contributed by atoms with Crippen LogP contribution in [0.25, 0.3) is 0 Å². The Morgan fingerprint density at radius 3 is 2.53 bits per heavy atom. The number of benzene rings is 1. The average Bonchev–Trinajstić information content (AvgIpc) is 2.27. The lowest BCUT2D eigenvalue weighted by atomic mass is 10.0. The fraction of sp³-hybridized carbons (Fsp3) is 0.462. The van der Waals surface area contributed by atoms with Crippen LogP contribution in [0, 0.1) is 6.92 Å². The first-order valence-electron chi connectivity index (χ1n) is 5.70. The lowest BCUT2D eigenvalue weighted by Gasteiger charge is -2.18. The fourth-order valence-corrected chi connectivity index (χ4v) is 1.55. The average molecular weight is 236 g/mol. The minimum atomic E-state index is -0.445. The number of nitrogens with two attached hydrogens (primary N) is 1. The van der Waals surface area contributed by atoms with Crippen molar-refractivity contribution in [2.75, 3.05) is 0 Å². The van der Waals surface area contributed by atoms with E-state index in [-0.39, 0.29) is 5.84 Å². The molecule has 1 aromatic carbocycles. The molecule has 1 unspecified atom stereocenters. The van der Waals surface area contributed by atoms with Crippen molar-refractivity contribution >= 4 is 5.84 Å². The van der Waals surface area contributed by atoms with Crippen molar-refractivity contribution in [2.24, 2.45) is 10.9 Å². The van der Waals surface area contributed by atoms with Gasteiger partial charge in [0.15, 0.2) is 11.9 Å². The summed E-state index contributed by atoms with van der Waals surface area (Å²) in [5, 5.41) is 11.6. The molecule has 0 amide bonds. The van der Waals surface area contributed by atoms with E-state index in [2.05, 4.69) is 25.1 Å². The normalized spacial score (nSPS) is 13.8. The number of aryl methyl sites for hydroxylation is 1. The predicted octanol–water partition coefficient (Wildman–Crippen LogP) is 2.63. The molecule has 4 nitrogen and oxygen atoms in total. The van der Waals surface area contributed by atoms with Gasteiger partial charge in [0.2, 0.25) is 0 Å². The van der Waals surface area contributed by atoms with Gasteiger partial charge in [-0.25, -0.2) is 0 Å². The zero-order valence-electron chi connectivity index (χ0n) is 10.8. The summed E-state index contributed by atoms with van der Waals surface area (Å²) in [6.07, 6.45) is -0.445. The zero-order chi connectivity index (χ0) is 13.0. The van der Waals surface area contributed by atoms with E-state index in [0.29, 0.717) is 5.92 Å². The molecule has 0 spiro atoms. The van der Waals surface area contributed by atoms with Crippen molar-refractivity contribution in [3.05, 3.63) is 29.3 Å². The standard InChI is InChI=1S/C13H20N2O2/c1-8(2)11-6-5-9(3)7-12(11)17-10(4)13(14)15-16/h5-8,10,16H,1-4H3,(H2,14,15). The van der Waals surface area contributed by atoms with Crippen molar-refractivity contribution in [3.8, 4) is 5.75 Å². The van der Waals surface area contributed by atoms with Crippen LogP contribution in [0.5, 0.6) is 5.75 Å². The van der Waals surface area contributed by atoms with Gasteiger partial charge in [-0.2, -0.15) is 0 Å². The Hall–Kier alpha value is -1.71. The quantitative estimate of drug-likeness (QED) is 0.365. The maximum atomic E-state index is 8.60. The summed E-state index contributed by atoms with van der Waals surface area (Å²) >= 11 is 0. The van der Waals surface area contributed by atoms with Gasteiger partial charge in [-0.3, -0.25) is 0 Å². The van der Waals surface area contributed by atoms with E-state index in [0.717, 1.165) is 16.9 Å². The molecule has 1 atom stereocenters. The lowest BCUT2D eigenvalue weighted by Crippen LogP contribution is -2.31. The van der Waals surface area contributed by atoms with Crippen LogP contribution < -0.4 is 10.5 Å². The van der Waals surface area contributed by atoms with Crippen molar-refractivity contribution in [2.45, 2.75) is 39.7 Å². The van der Waals surface area contributed by atoms with Crippen molar-refractivity contribution in [3.63, 3.8) is 0 Å². The molecule has 0 bridgehead atoms. The Bertz CT molecular complexity index is 414. The van der Waals surface area contributed by atoms with Crippen molar-refractivity contribution in [1.82, 2.24) is 0 Å². The number of hydrogen-bond acceptors (Lipinski definition) is 3. The van der Waals surface area contributed by atoms with Gasteiger partial charge in [0.1, 0.15) is 5.75 Å². The maximum absolute atomic E-state index is 8.60. The number of nitrogens with zero attached hydrogens (tertiary/aromatic N) is 1. The largest absolute Gasteiger partial charge is 0.482 e. The summed E-state index contributed by atoms with van der Waals surface area (Å²) in [6.45, 7) is 7.96. The number of oxime groups is 1. The third-order valence-electron chi connectivity index (χ3n) is 2.63. The Kier molecular flexibility index (Phi) is 4.37. The second-order valence-corrected chi connectivity index (χ2v) is 4.48. The van der Waals surface area contributed by atoms with E-state index in [4.69, 9.17) is 15.7 Å². The summed E-state index contributed by atoms with van der Waals surface area (Å²) < 4.78 is 5.72. The fourth-order valence-electron chi connectivity index (χ4n) is 1.55. The first kappa shape index (κ1) is 13.4. The predicted molar refractivity (Wildman–Crippen MR) is 68.8 cm³/mol. The monoisotopic (exact) mass is 236 g/mol. The summed E-state index contributed by atoms with van der Waals surface area (Å²) in [7, 11) is 0. The molecule has 3 N–H and O–H groups in total. The maximum Gasteiger partial charge on any atom is 0.180 e. The highest BCUT2D eigenvalue weighted by Crippen LogP contribution is 2.28. The van der Waals surface area contributed by atoms with Crippen LogP contribution in [0.3, 0.4) is 0 Å². The summed E-state index contributed by atoms with van der Waals surface area (Å²) in [5.74, 6) is 1.23. The summed E-state index contributed by atoms with van der Waals surface area (Å²) in [4.78, 5) is 0. The molecule has 1 rings (SSSR count). The Morgan fingerprint density at radius 1 is 1.35 bits per heavy atom. The number of amidine groups is 1. The third kappa shape index (κ3) is 3.37. The minimum absolute atomic E-state index is 0.0706. The van der Waals surface area contributed by atoms with Crippen LogP contribution in [0.4, 0.5) is 0 Å². The number of ether oxygens (including phenoxy) is 1. The zero-order valence-corrected chi connectivity index (χ0v) is 10.8. The molecule has 0 aliphatic rings. The van der Waals surface area contributed by atoms with E-state index >= 15 is 0 Å². The van der Waals surface area contributed by atoms with E-state index in [9.17, 15) is 0 Å². The van der Waals surface area contributed by atoms with Crippen LogP contribution >= 0.6 is 0 Å². The van der Waals surface area contributed by atoms with Crippen LogP contribution in [0.1, 0.15) is 37.8 Å². The van der Waals surface area contributed by atoms with Gasteiger partial charge in [0.05, 0.1) is 0 Å². The Morgan fingerprint density at radius 2 is 2.00 bits per heavy atom. The number of rotatable bonds is 4. The van der Waals surface area contributed by atoms with Gasteiger partial charge in [0, 0.05) is 0 Å². The van der Waals surface area contributed by atoms with E-state index in [1.807, 2.05) is 19.1 Å². The molecule has 0 radical (unpaired) electrons. The highest BCUT2D eigenvalue weighted by atomic mass is 16.5. The second kappa shape index (κ2) is 5.57. The first-order chi connectivity index (χ1) is 7.95. The van der Waals surface area contributed by atoms with Crippen LogP contribution in [0.15, 0.2) is 23.4 Å². The van der Waals surface area contributed by atoms with Crippen LogP contribution in [0.2, 0.25) is 0 Å². The molecule has 0 aromatic heterocycles. The molecule has 17 heavy (non-hydrogen) atoms. The molecular weight excluding hydrogens is 216 g/mol. The van der Waals surface area contributed by atoms with Gasteiger partial charge in [-0.15, -0.1) is 0 Å². The first-order valence-corrected chi connectivity index (χ1v) is 5.70. The van der Waals surface area contributed by atoms with Gasteiger partial charge < -0.3 is 15.7 Å². The SMILES string of the molecule is Cc1ccc(C(C)C)c(OC(C)C(N)=NO)c1. The smallest absolute Gasteiger partial charge is 0.180 e. The van der Waals surface area contributed by atoms with Gasteiger partial charge in [-0.1, -0.05) is 31.1 Å². The molecule has 94 valence electrons. The van der Waals surface area contributed by atoms with Crippen molar-refractivity contribution < 1.29 is 9.94 Å². The summed E-state index contributed by atoms with van der Waals surface area (Å²) in [5.41, 5.74) is 7.74. The molecule has 4 heteroatoms. The van der Waals surface area contributed by atoms with Crippen LogP contribution in [-0.2, 0) is 0 Å². The third-order valence-corrected chi connectivity index (χ3v) is 2.63. The number of hydrogen-bond donors (Lipinski definition) is 2. The molecule has 1 aromatic rings. The Labute approximate surface area is 102 Å². The molecule has 0 saturated heterocycles. The molecule has 0 aliphatic carbocycles. The lowest BCUT2D eigenvalue weighted by molar-refractivity contribution is 0.263. The van der Waals surface area contributed by atoms with Crippen molar-refractivity contribution in [1.29, 1.82) is 0 Å². The summed E-state index contributed by atoms with van der Waals surface area (Å²) in [6, 6.07) is 6.07. The topological polar surface area (TPSA) is 67.8 Å². The van der Waals surface area contributed by atoms with Crippen LogP contribution in [-0.4, -0.2) is 17.1 Å². The molecule has 0 aliphatic heterocycles. The molecule has 0 heterocycles. The van der Waals surface area contributed by atoms with E-state index in [1.165, 1.54) is 0 Å². The molecular formula is C13H20N2O2. The molecule has 0 fully saturated rings. The minimum Gasteiger partial charge on any atom is -0.482 e. The van der Waals surface area contributed by atoms with Gasteiger partial charge in [0.25, 0.3) is 0 Å². The highest BCUT2D eigenvalue weighted by molar-refractivity contribution is 5.84.